The molecule has 0 spiro atoms. The number of aromatic nitrogens is 1. The lowest BCUT2D eigenvalue weighted by atomic mass is 10.1. The van der Waals surface area contributed by atoms with Crippen molar-refractivity contribution in [3.05, 3.63) is 77.3 Å². The molecule has 0 radical (unpaired) electrons. The number of hydrogen-bond acceptors (Lipinski definition) is 3. The molecule has 2 aromatic carbocycles. The maximum Gasteiger partial charge on any atom is 0.318 e. The normalized spacial score (nSPS) is 18.1. The summed E-state index contributed by atoms with van der Waals surface area (Å²) in [6, 6.07) is 19.1. The van der Waals surface area contributed by atoms with Gasteiger partial charge >= 0.3 is 6.03 Å². The first-order valence-electron chi connectivity index (χ1n) is 9.72. The fraction of sp³-hybridized carbons (Fsp3) is 0.304. The SMILES string of the molecule is CC(C)N(Cc1cccc(-c2nccs2)c1)C(=O)N[C@@H]1C[C@H]1c1ccccc1. The second-order valence-electron chi connectivity index (χ2n) is 7.57. The summed E-state index contributed by atoms with van der Waals surface area (Å²) < 4.78 is 0. The van der Waals surface area contributed by atoms with Crippen molar-refractivity contribution in [2.75, 3.05) is 0 Å². The minimum absolute atomic E-state index is 0.0121. The fourth-order valence-corrected chi connectivity index (χ4v) is 4.15. The standard InChI is InChI=1S/C23H25N3OS/c1-16(2)26(15-17-7-6-10-19(13-17)22-24-11-12-28-22)23(27)25-21-14-20(21)18-8-4-3-5-9-18/h3-13,16,20-21H,14-15H2,1-2H3,(H,25,27)/t20-,21+/m0/s1. The van der Waals surface area contributed by atoms with Crippen LogP contribution < -0.4 is 5.32 Å². The van der Waals surface area contributed by atoms with Gasteiger partial charge in [-0.1, -0.05) is 48.5 Å². The molecule has 1 aliphatic carbocycles. The number of hydrogen-bond donors (Lipinski definition) is 1. The van der Waals surface area contributed by atoms with Gasteiger partial charge in [-0.3, -0.25) is 0 Å². The summed E-state index contributed by atoms with van der Waals surface area (Å²) in [5.74, 6) is 0.437. The van der Waals surface area contributed by atoms with Crippen LogP contribution in [0.3, 0.4) is 0 Å². The molecule has 3 aromatic rings. The molecule has 1 aliphatic rings. The molecule has 1 heterocycles. The Morgan fingerprint density at radius 2 is 2.04 bits per heavy atom. The van der Waals surface area contributed by atoms with Crippen LogP contribution in [-0.4, -0.2) is 28.0 Å². The van der Waals surface area contributed by atoms with Gasteiger partial charge < -0.3 is 10.2 Å². The van der Waals surface area contributed by atoms with Crippen LogP contribution in [0.15, 0.2) is 66.2 Å². The number of nitrogens with zero attached hydrogens (tertiary/aromatic N) is 2. The van der Waals surface area contributed by atoms with E-state index < -0.39 is 0 Å². The van der Waals surface area contributed by atoms with Gasteiger partial charge in [-0.15, -0.1) is 11.3 Å². The second-order valence-corrected chi connectivity index (χ2v) is 8.46. The summed E-state index contributed by atoms with van der Waals surface area (Å²) in [7, 11) is 0. The number of carbonyl (C=O) groups excluding carboxylic acids is 1. The topological polar surface area (TPSA) is 45.2 Å². The predicted molar refractivity (Wildman–Crippen MR) is 114 cm³/mol. The third-order valence-electron chi connectivity index (χ3n) is 5.17. The molecule has 144 valence electrons. The molecule has 1 fully saturated rings. The van der Waals surface area contributed by atoms with Gasteiger partial charge in [0.15, 0.2) is 0 Å². The highest BCUT2D eigenvalue weighted by molar-refractivity contribution is 7.13. The van der Waals surface area contributed by atoms with Crippen molar-refractivity contribution in [2.45, 2.75) is 44.8 Å². The van der Waals surface area contributed by atoms with Crippen LogP contribution in [0.2, 0.25) is 0 Å². The van der Waals surface area contributed by atoms with Crippen molar-refractivity contribution in [1.82, 2.24) is 15.2 Å². The maximum atomic E-state index is 12.9. The van der Waals surface area contributed by atoms with Gasteiger partial charge in [0.1, 0.15) is 5.01 Å². The number of thiazole rings is 1. The van der Waals surface area contributed by atoms with Crippen LogP contribution in [0, 0.1) is 0 Å². The molecule has 1 saturated carbocycles. The largest absolute Gasteiger partial charge is 0.335 e. The molecule has 0 unspecified atom stereocenters. The molecule has 4 rings (SSSR count). The molecule has 0 bridgehead atoms. The van der Waals surface area contributed by atoms with E-state index in [1.807, 2.05) is 28.6 Å². The van der Waals surface area contributed by atoms with Gasteiger partial charge in [-0.05, 0) is 37.5 Å². The molecule has 2 amide bonds. The minimum Gasteiger partial charge on any atom is -0.335 e. The quantitative estimate of drug-likeness (QED) is 0.621. The highest BCUT2D eigenvalue weighted by atomic mass is 32.1. The van der Waals surface area contributed by atoms with Gasteiger partial charge in [0.2, 0.25) is 0 Å². The minimum atomic E-state index is 0.0121. The average molecular weight is 392 g/mol. The fourth-order valence-electron chi connectivity index (χ4n) is 3.52. The zero-order chi connectivity index (χ0) is 19.5. The first-order chi connectivity index (χ1) is 13.6. The van der Waals surface area contributed by atoms with Crippen molar-refractivity contribution in [3.8, 4) is 10.6 Å². The van der Waals surface area contributed by atoms with E-state index in [9.17, 15) is 4.79 Å². The molecular formula is C23H25N3OS. The van der Waals surface area contributed by atoms with Crippen LogP contribution in [0.5, 0.6) is 0 Å². The van der Waals surface area contributed by atoms with Crippen LogP contribution in [-0.2, 0) is 6.54 Å². The first-order valence-corrected chi connectivity index (χ1v) is 10.6. The zero-order valence-electron chi connectivity index (χ0n) is 16.2. The molecule has 1 N–H and O–H groups in total. The van der Waals surface area contributed by atoms with Gasteiger partial charge in [-0.2, -0.15) is 0 Å². The summed E-state index contributed by atoms with van der Waals surface area (Å²) in [6.07, 6.45) is 2.83. The smallest absolute Gasteiger partial charge is 0.318 e. The Bertz CT molecular complexity index is 924. The van der Waals surface area contributed by atoms with Crippen LogP contribution in [0.25, 0.3) is 10.6 Å². The average Bonchev–Trinajstić information content (AvgIpc) is 3.24. The van der Waals surface area contributed by atoms with E-state index in [2.05, 4.69) is 66.6 Å². The zero-order valence-corrected chi connectivity index (χ0v) is 17.0. The van der Waals surface area contributed by atoms with Crippen molar-refractivity contribution in [3.63, 3.8) is 0 Å². The van der Waals surface area contributed by atoms with E-state index >= 15 is 0 Å². The van der Waals surface area contributed by atoms with Crippen LogP contribution in [0.1, 0.15) is 37.3 Å². The molecular weight excluding hydrogens is 366 g/mol. The molecule has 2 atom stereocenters. The van der Waals surface area contributed by atoms with Crippen molar-refractivity contribution in [2.24, 2.45) is 0 Å². The lowest BCUT2D eigenvalue weighted by Crippen LogP contribution is -2.44. The van der Waals surface area contributed by atoms with E-state index in [-0.39, 0.29) is 18.1 Å². The molecule has 4 nitrogen and oxygen atoms in total. The summed E-state index contributed by atoms with van der Waals surface area (Å²) in [5.41, 5.74) is 3.52. The highest BCUT2D eigenvalue weighted by Crippen LogP contribution is 2.40. The lowest BCUT2D eigenvalue weighted by Gasteiger charge is -2.27. The van der Waals surface area contributed by atoms with Gasteiger partial charge in [0, 0.05) is 41.7 Å². The van der Waals surface area contributed by atoms with E-state index in [1.165, 1.54) is 5.56 Å². The van der Waals surface area contributed by atoms with Gasteiger partial charge in [0.25, 0.3) is 0 Å². The van der Waals surface area contributed by atoms with Gasteiger partial charge in [0.05, 0.1) is 0 Å². The molecule has 5 heteroatoms. The van der Waals surface area contributed by atoms with E-state index in [0.717, 1.165) is 22.6 Å². The predicted octanol–water partition coefficient (Wildman–Crippen LogP) is 5.29. The summed E-state index contributed by atoms with van der Waals surface area (Å²) in [6.45, 7) is 4.71. The number of benzene rings is 2. The Morgan fingerprint density at radius 3 is 2.75 bits per heavy atom. The second kappa shape index (κ2) is 8.15. The summed E-state index contributed by atoms with van der Waals surface area (Å²) in [5, 5.41) is 6.21. The summed E-state index contributed by atoms with van der Waals surface area (Å²) in [4.78, 5) is 19.2. The third-order valence-corrected chi connectivity index (χ3v) is 5.99. The summed E-state index contributed by atoms with van der Waals surface area (Å²) >= 11 is 1.63. The van der Waals surface area contributed by atoms with Crippen LogP contribution in [0.4, 0.5) is 4.79 Å². The monoisotopic (exact) mass is 391 g/mol. The highest BCUT2D eigenvalue weighted by Gasteiger charge is 2.40. The Morgan fingerprint density at radius 1 is 1.21 bits per heavy atom. The first kappa shape index (κ1) is 18.7. The molecule has 28 heavy (non-hydrogen) atoms. The van der Waals surface area contributed by atoms with E-state index in [1.54, 1.807) is 11.3 Å². The Kier molecular flexibility index (Phi) is 5.44. The van der Waals surface area contributed by atoms with Crippen molar-refractivity contribution < 1.29 is 4.79 Å². The number of urea groups is 1. The maximum absolute atomic E-state index is 12.9. The van der Waals surface area contributed by atoms with Crippen molar-refractivity contribution in [1.29, 1.82) is 0 Å². The van der Waals surface area contributed by atoms with E-state index in [4.69, 9.17) is 0 Å². The number of nitrogens with one attached hydrogen (secondary N) is 1. The van der Waals surface area contributed by atoms with Crippen molar-refractivity contribution >= 4 is 17.4 Å². The molecule has 0 aliphatic heterocycles. The number of amides is 2. The molecule has 1 aromatic heterocycles. The Labute approximate surface area is 170 Å². The molecule has 0 saturated heterocycles. The van der Waals surface area contributed by atoms with Gasteiger partial charge in [-0.25, -0.2) is 9.78 Å². The third kappa shape index (κ3) is 4.25. The Balaban J connectivity index is 1.42. The van der Waals surface area contributed by atoms with Crippen LogP contribution >= 0.6 is 11.3 Å². The number of carbonyl (C=O) groups is 1. The lowest BCUT2D eigenvalue weighted by molar-refractivity contribution is 0.179. The Hall–Kier alpha value is -2.66. The number of rotatable bonds is 6. The van der Waals surface area contributed by atoms with E-state index in [0.29, 0.717) is 12.5 Å².